The van der Waals surface area contributed by atoms with Gasteiger partial charge >= 0.3 is 35.2 Å². The van der Waals surface area contributed by atoms with Gasteiger partial charge in [-0.2, -0.15) is 0 Å². The monoisotopic (exact) mass is 796 g/mol. The van der Waals surface area contributed by atoms with E-state index in [1.54, 1.807) is 51.2 Å². The number of rotatable bonds is 33. The minimum absolute atomic E-state index is 0.180. The number of nitrogens with zero attached hydrogens (tertiary/aromatic N) is 6. The van der Waals surface area contributed by atoms with E-state index < -0.39 is 17.1 Å². The minimum atomic E-state index is -0.604. The lowest BCUT2D eigenvalue weighted by atomic mass is 10.2. The molecule has 1 aromatic heterocycles. The van der Waals surface area contributed by atoms with Crippen molar-refractivity contribution in [3.05, 3.63) is 107 Å². The van der Waals surface area contributed by atoms with Gasteiger partial charge in [0.15, 0.2) is 0 Å². The van der Waals surface area contributed by atoms with Crippen LogP contribution in [0.25, 0.3) is 0 Å². The Morgan fingerprint density at radius 3 is 0.807 bits per heavy atom. The molecule has 1 heterocycles. The van der Waals surface area contributed by atoms with Crippen molar-refractivity contribution in [1.82, 2.24) is 44.4 Å². The topological polar surface area (TPSA) is 163 Å². The summed E-state index contributed by atoms with van der Waals surface area (Å²) in [5.41, 5.74) is -1.81. The number of nitrogens with one attached hydrogen (secondary N) is 3. The lowest BCUT2D eigenvalue weighted by molar-refractivity contribution is 0.207. The molecule has 3 N–H and O–H groups in total. The van der Waals surface area contributed by atoms with Gasteiger partial charge in [0.25, 0.3) is 0 Å². The van der Waals surface area contributed by atoms with Crippen LogP contribution < -0.4 is 33.0 Å². The van der Waals surface area contributed by atoms with E-state index in [0.717, 1.165) is 57.8 Å². The highest BCUT2D eigenvalue weighted by molar-refractivity contribution is 5.75. The Labute approximate surface area is 339 Å². The van der Waals surface area contributed by atoms with Crippen LogP contribution in [0.1, 0.15) is 77.0 Å². The summed E-state index contributed by atoms with van der Waals surface area (Å²) in [5.74, 6) is 0. The van der Waals surface area contributed by atoms with E-state index in [0.29, 0.717) is 78.2 Å². The Bertz CT molecular complexity index is 1370. The van der Waals surface area contributed by atoms with E-state index in [-0.39, 0.29) is 37.7 Å². The number of hydrogen-bond acceptors (Lipinski definition) is 6. The van der Waals surface area contributed by atoms with Crippen molar-refractivity contribution in [2.24, 2.45) is 0 Å². The molecular formula is C42H69N9O6. The first-order chi connectivity index (χ1) is 27.6. The third-order valence-electron chi connectivity index (χ3n) is 9.10. The predicted octanol–water partition coefficient (Wildman–Crippen LogP) is 5.00. The first-order valence-corrected chi connectivity index (χ1v) is 20.3. The summed E-state index contributed by atoms with van der Waals surface area (Å²) < 4.78 is 3.52. The fraction of sp³-hybridized carbons (Fsp3) is 0.571. The van der Waals surface area contributed by atoms with Gasteiger partial charge in [-0.05, 0) is 38.5 Å². The van der Waals surface area contributed by atoms with Crippen LogP contribution in [0, 0.1) is 0 Å². The third kappa shape index (κ3) is 19.4. The molecule has 1 rings (SSSR count). The summed E-state index contributed by atoms with van der Waals surface area (Å²) in [7, 11) is 0. The molecule has 0 aliphatic rings. The van der Waals surface area contributed by atoms with Crippen LogP contribution in [-0.2, 0) is 19.6 Å². The van der Waals surface area contributed by atoms with Crippen LogP contribution in [0.2, 0.25) is 0 Å². The second-order valence-electron chi connectivity index (χ2n) is 13.7. The van der Waals surface area contributed by atoms with Crippen LogP contribution >= 0.6 is 0 Å². The Hall–Kier alpha value is -5.34. The van der Waals surface area contributed by atoms with Crippen molar-refractivity contribution in [1.29, 1.82) is 0 Å². The number of unbranched alkanes of at least 4 members (excludes halogenated alkanes) is 9. The molecule has 0 bridgehead atoms. The maximum absolute atomic E-state index is 13.6. The van der Waals surface area contributed by atoms with Gasteiger partial charge in [-0.1, -0.05) is 75.0 Å². The zero-order valence-electron chi connectivity index (χ0n) is 34.3. The molecule has 0 saturated carbocycles. The zero-order chi connectivity index (χ0) is 42.3. The van der Waals surface area contributed by atoms with Gasteiger partial charge in [0.2, 0.25) is 0 Å². The van der Waals surface area contributed by atoms with Crippen molar-refractivity contribution in [2.75, 3.05) is 58.9 Å². The van der Waals surface area contributed by atoms with Gasteiger partial charge in [0, 0.05) is 78.5 Å². The van der Waals surface area contributed by atoms with Crippen molar-refractivity contribution in [2.45, 2.75) is 96.7 Å². The molecule has 318 valence electrons. The number of urea groups is 3. The largest absolute Gasteiger partial charge is 0.338 e. The lowest BCUT2D eigenvalue weighted by Gasteiger charge is -2.19. The van der Waals surface area contributed by atoms with Gasteiger partial charge in [0.05, 0.1) is 0 Å². The van der Waals surface area contributed by atoms with E-state index in [1.807, 2.05) is 0 Å². The number of amides is 6. The summed E-state index contributed by atoms with van der Waals surface area (Å²) in [4.78, 5) is 82.6. The van der Waals surface area contributed by atoms with Crippen LogP contribution in [0.5, 0.6) is 0 Å². The quantitative estimate of drug-likeness (QED) is 0.0670. The van der Waals surface area contributed by atoms with E-state index >= 15 is 0 Å². The Morgan fingerprint density at radius 2 is 0.596 bits per heavy atom. The minimum Gasteiger partial charge on any atom is -0.338 e. The van der Waals surface area contributed by atoms with E-state index in [2.05, 4.69) is 55.4 Å². The average Bonchev–Trinajstić information content (AvgIpc) is 3.19. The van der Waals surface area contributed by atoms with Gasteiger partial charge < -0.3 is 30.7 Å². The zero-order valence-corrected chi connectivity index (χ0v) is 34.3. The second kappa shape index (κ2) is 30.8. The summed E-state index contributed by atoms with van der Waals surface area (Å²) in [6.07, 6.45) is 18.4. The molecule has 0 aromatic carbocycles. The second-order valence-corrected chi connectivity index (χ2v) is 13.7. The van der Waals surface area contributed by atoms with Crippen LogP contribution in [-0.4, -0.2) is 105 Å². The van der Waals surface area contributed by atoms with E-state index in [4.69, 9.17) is 0 Å². The van der Waals surface area contributed by atoms with Gasteiger partial charge in [-0.25, -0.2) is 42.5 Å². The molecule has 0 aliphatic carbocycles. The molecule has 57 heavy (non-hydrogen) atoms. The first-order valence-electron chi connectivity index (χ1n) is 20.3. The number of carbonyl (C=O) groups is 3. The fourth-order valence-electron chi connectivity index (χ4n) is 6.08. The molecule has 15 nitrogen and oxygen atoms in total. The molecule has 0 atom stereocenters. The highest BCUT2D eigenvalue weighted by Crippen LogP contribution is 2.04. The Kier molecular flexibility index (Phi) is 26.9. The maximum Gasteiger partial charge on any atom is 0.336 e. The van der Waals surface area contributed by atoms with Gasteiger partial charge in [0.1, 0.15) is 0 Å². The summed E-state index contributed by atoms with van der Waals surface area (Å²) >= 11 is 0. The molecule has 6 amide bonds. The third-order valence-corrected chi connectivity index (χ3v) is 9.10. The standard InChI is InChI=1S/C42H69N9O6/c1-7-28-46(29-8-2)37(52)43-25-19-13-16-22-34-49-40(55)50(35-23-17-14-20-26-44-38(53)47(30-9-3)31-10-4)42(57)51(41(49)56)36-24-18-15-21-27-45-39(54)48(32-11-5)33-12-6/h7-12H,1-6,13-36H2,(H,43,52)(H,44,53)(H,45,54). The highest BCUT2D eigenvalue weighted by Gasteiger charge is 2.16. The number of carbonyl (C=O) groups excluding carboxylic acids is 3. The Morgan fingerprint density at radius 1 is 0.386 bits per heavy atom. The molecule has 1 aromatic rings. The molecule has 0 spiro atoms. The average molecular weight is 796 g/mol. The molecule has 0 aliphatic heterocycles. The molecule has 15 heteroatoms. The van der Waals surface area contributed by atoms with Crippen LogP contribution in [0.15, 0.2) is 90.3 Å². The van der Waals surface area contributed by atoms with Crippen molar-refractivity contribution in [3.63, 3.8) is 0 Å². The summed E-state index contributed by atoms with van der Waals surface area (Å²) in [5, 5.41) is 8.70. The Balaban J connectivity index is 2.84. The molecular weight excluding hydrogens is 727 g/mol. The molecule has 0 fully saturated rings. The first kappa shape index (κ1) is 49.7. The van der Waals surface area contributed by atoms with Crippen molar-refractivity contribution < 1.29 is 14.4 Å². The SMILES string of the molecule is C=CCN(CC=C)C(=O)NCCCCCCn1c(=O)n(CCCCCCNC(=O)N(CC=C)CC=C)c(=O)n(CCCCCCNC(=O)N(CC=C)CC=C)c1=O. The molecule has 0 unspecified atom stereocenters. The van der Waals surface area contributed by atoms with Crippen LogP contribution in [0.3, 0.4) is 0 Å². The van der Waals surface area contributed by atoms with E-state index in [9.17, 15) is 28.8 Å². The predicted molar refractivity (Wildman–Crippen MR) is 231 cm³/mol. The summed E-state index contributed by atoms with van der Waals surface area (Å²) in [6.45, 7) is 26.6. The number of hydrogen-bond donors (Lipinski definition) is 3. The number of aromatic nitrogens is 3. The van der Waals surface area contributed by atoms with Crippen molar-refractivity contribution >= 4 is 18.1 Å². The van der Waals surface area contributed by atoms with Gasteiger partial charge in [-0.3, -0.25) is 0 Å². The molecule has 0 saturated heterocycles. The lowest BCUT2D eigenvalue weighted by Crippen LogP contribution is -2.54. The summed E-state index contributed by atoms with van der Waals surface area (Å²) in [6, 6.07) is -0.563. The van der Waals surface area contributed by atoms with Gasteiger partial charge in [-0.15, -0.1) is 39.5 Å². The fourth-order valence-corrected chi connectivity index (χ4v) is 6.08. The highest BCUT2D eigenvalue weighted by atomic mass is 16.2. The van der Waals surface area contributed by atoms with Crippen molar-refractivity contribution in [3.8, 4) is 0 Å². The molecule has 0 radical (unpaired) electrons. The normalized spacial score (nSPS) is 10.5. The maximum atomic E-state index is 13.6. The van der Waals surface area contributed by atoms with E-state index in [1.165, 1.54) is 13.7 Å². The van der Waals surface area contributed by atoms with Crippen LogP contribution in [0.4, 0.5) is 14.4 Å². The smallest absolute Gasteiger partial charge is 0.336 e.